The summed E-state index contributed by atoms with van der Waals surface area (Å²) >= 11 is 0. The highest BCUT2D eigenvalue weighted by Crippen LogP contribution is 2.38. The Morgan fingerprint density at radius 1 is 1.08 bits per heavy atom. The monoisotopic (exact) mass is 346 g/mol. The molecule has 6 heteroatoms. The highest BCUT2D eigenvalue weighted by atomic mass is 19.4. The maximum Gasteiger partial charge on any atom is 0.408 e. The molecule has 1 saturated heterocycles. The topological polar surface area (TPSA) is 41.1 Å². The number of carbonyl (C=O) groups excluding carboxylic acids is 1. The first-order valence-corrected chi connectivity index (χ1v) is 9.49. The van der Waals surface area contributed by atoms with E-state index in [9.17, 15) is 18.0 Å². The molecule has 0 aromatic rings. The summed E-state index contributed by atoms with van der Waals surface area (Å²) in [4.78, 5) is 12.5. The van der Waals surface area contributed by atoms with Crippen LogP contribution in [0.1, 0.15) is 64.7 Å². The van der Waals surface area contributed by atoms with E-state index >= 15 is 0 Å². The lowest BCUT2D eigenvalue weighted by Gasteiger charge is -2.33. The Labute approximate surface area is 142 Å². The molecule has 2 aliphatic carbocycles. The van der Waals surface area contributed by atoms with Gasteiger partial charge in [-0.25, -0.2) is 0 Å². The van der Waals surface area contributed by atoms with Crippen LogP contribution in [0.15, 0.2) is 0 Å². The van der Waals surface area contributed by atoms with Crippen molar-refractivity contribution in [2.24, 2.45) is 17.8 Å². The summed E-state index contributed by atoms with van der Waals surface area (Å²) in [5.74, 6) is 0.0108. The van der Waals surface area contributed by atoms with Gasteiger partial charge in [-0.3, -0.25) is 4.79 Å². The quantitative estimate of drug-likeness (QED) is 0.816. The summed E-state index contributed by atoms with van der Waals surface area (Å²) in [5.41, 5.74) is 0. The summed E-state index contributed by atoms with van der Waals surface area (Å²) in [6.07, 6.45) is 3.47. The predicted octanol–water partition coefficient (Wildman–Crippen LogP) is 3.78. The van der Waals surface area contributed by atoms with E-state index in [-0.39, 0.29) is 6.04 Å². The normalized spacial score (nSPS) is 36.2. The Morgan fingerprint density at radius 3 is 2.42 bits per heavy atom. The molecule has 24 heavy (non-hydrogen) atoms. The van der Waals surface area contributed by atoms with Crippen LogP contribution in [-0.4, -0.2) is 30.2 Å². The molecule has 1 heterocycles. The number of hydrogen-bond donors (Lipinski definition) is 2. The average molecular weight is 346 g/mol. The van der Waals surface area contributed by atoms with E-state index in [2.05, 4.69) is 17.6 Å². The Bertz CT molecular complexity index is 448. The third kappa shape index (κ3) is 3.89. The van der Waals surface area contributed by atoms with Gasteiger partial charge in [-0.1, -0.05) is 32.6 Å². The van der Waals surface area contributed by atoms with Gasteiger partial charge in [0.1, 0.15) is 6.04 Å². The summed E-state index contributed by atoms with van der Waals surface area (Å²) < 4.78 is 40.4. The molecular weight excluding hydrogens is 317 g/mol. The Hall–Kier alpha value is -0.780. The van der Waals surface area contributed by atoms with Gasteiger partial charge >= 0.3 is 6.18 Å². The molecule has 3 fully saturated rings. The molecule has 0 bridgehead atoms. The minimum Gasteiger partial charge on any atom is -0.343 e. The van der Waals surface area contributed by atoms with Crippen molar-refractivity contribution in [2.45, 2.75) is 89.0 Å². The molecule has 0 aromatic carbocycles. The van der Waals surface area contributed by atoms with Crippen molar-refractivity contribution in [3.05, 3.63) is 0 Å². The number of rotatable bonds is 3. The van der Waals surface area contributed by atoms with Gasteiger partial charge in [0.2, 0.25) is 5.91 Å². The zero-order valence-corrected chi connectivity index (χ0v) is 14.4. The van der Waals surface area contributed by atoms with E-state index < -0.39 is 30.1 Å². The molecule has 0 radical (unpaired) electrons. The van der Waals surface area contributed by atoms with Crippen molar-refractivity contribution < 1.29 is 18.0 Å². The largest absolute Gasteiger partial charge is 0.408 e. The Morgan fingerprint density at radius 2 is 1.79 bits per heavy atom. The fourth-order valence-corrected chi connectivity index (χ4v) is 5.06. The molecule has 138 valence electrons. The zero-order chi connectivity index (χ0) is 17.3. The molecule has 3 nitrogen and oxygen atoms in total. The Kier molecular flexibility index (Phi) is 5.42. The smallest absolute Gasteiger partial charge is 0.343 e. The van der Waals surface area contributed by atoms with E-state index in [0.29, 0.717) is 31.1 Å². The molecule has 3 aliphatic rings. The fraction of sp³-hybridized carbons (Fsp3) is 0.944. The van der Waals surface area contributed by atoms with Crippen LogP contribution in [0.4, 0.5) is 13.2 Å². The molecule has 0 aromatic heterocycles. The maximum atomic E-state index is 13.5. The van der Waals surface area contributed by atoms with Crippen molar-refractivity contribution in [1.82, 2.24) is 10.6 Å². The molecule has 1 amide bonds. The number of alkyl halides is 3. The van der Waals surface area contributed by atoms with Crippen LogP contribution in [0.25, 0.3) is 0 Å². The summed E-state index contributed by atoms with van der Waals surface area (Å²) in [6.45, 7) is 2.17. The number of fused-ring (bicyclic) bond motifs is 1. The van der Waals surface area contributed by atoms with Gasteiger partial charge < -0.3 is 10.6 Å². The van der Waals surface area contributed by atoms with Crippen LogP contribution >= 0.6 is 0 Å². The Balaban J connectivity index is 1.63. The molecule has 1 aliphatic heterocycles. The molecule has 0 spiro atoms. The molecule has 5 atom stereocenters. The van der Waals surface area contributed by atoms with Crippen LogP contribution in [0.3, 0.4) is 0 Å². The lowest BCUT2D eigenvalue weighted by molar-refractivity contribution is -0.174. The van der Waals surface area contributed by atoms with Gasteiger partial charge in [0.25, 0.3) is 0 Å². The highest BCUT2D eigenvalue weighted by Gasteiger charge is 2.48. The third-order valence-electron chi connectivity index (χ3n) is 6.38. The maximum absolute atomic E-state index is 13.5. The van der Waals surface area contributed by atoms with Gasteiger partial charge in [-0.05, 0) is 49.9 Å². The standard InChI is InChI=1S/C18H29F3N2O/c1-11-6-5-9-13-10-14(22-15(11)13)17(24)23-16(18(19,20)21)12-7-3-2-4-8-12/h11-16,22H,2-10H2,1H3,(H,23,24)/t11?,13?,14?,15?,16-/m0/s1. The van der Waals surface area contributed by atoms with Crippen molar-refractivity contribution in [3.63, 3.8) is 0 Å². The minimum atomic E-state index is -4.36. The second-order valence-corrected chi connectivity index (χ2v) is 8.07. The molecular formula is C18H29F3N2O. The first-order chi connectivity index (χ1) is 11.4. The molecule has 3 rings (SSSR count). The minimum absolute atomic E-state index is 0.286. The van der Waals surface area contributed by atoms with Crippen LogP contribution in [0.2, 0.25) is 0 Å². The summed E-state index contributed by atoms with van der Waals surface area (Å²) in [7, 11) is 0. The summed E-state index contributed by atoms with van der Waals surface area (Å²) in [5, 5.41) is 5.69. The number of hydrogen-bond acceptors (Lipinski definition) is 2. The highest BCUT2D eigenvalue weighted by molar-refractivity contribution is 5.82. The van der Waals surface area contributed by atoms with Gasteiger partial charge in [0.05, 0.1) is 6.04 Å². The molecule has 2 N–H and O–H groups in total. The van der Waals surface area contributed by atoms with E-state index in [1.165, 1.54) is 0 Å². The molecule has 4 unspecified atom stereocenters. The van der Waals surface area contributed by atoms with E-state index in [1.54, 1.807) is 0 Å². The van der Waals surface area contributed by atoms with Crippen molar-refractivity contribution in [1.29, 1.82) is 0 Å². The van der Waals surface area contributed by atoms with Crippen LogP contribution < -0.4 is 10.6 Å². The van der Waals surface area contributed by atoms with Crippen molar-refractivity contribution >= 4 is 5.91 Å². The number of carbonyl (C=O) groups is 1. The lowest BCUT2D eigenvalue weighted by Crippen LogP contribution is -2.55. The van der Waals surface area contributed by atoms with Gasteiger partial charge in [0.15, 0.2) is 0 Å². The van der Waals surface area contributed by atoms with E-state index in [1.807, 2.05) is 0 Å². The number of amides is 1. The number of halogens is 3. The molecule has 2 saturated carbocycles. The van der Waals surface area contributed by atoms with Gasteiger partial charge in [-0.15, -0.1) is 0 Å². The second-order valence-electron chi connectivity index (χ2n) is 8.07. The van der Waals surface area contributed by atoms with Gasteiger partial charge in [-0.2, -0.15) is 13.2 Å². The van der Waals surface area contributed by atoms with Crippen LogP contribution in [-0.2, 0) is 4.79 Å². The third-order valence-corrected chi connectivity index (χ3v) is 6.38. The van der Waals surface area contributed by atoms with E-state index in [4.69, 9.17) is 0 Å². The first kappa shape index (κ1) is 18.0. The van der Waals surface area contributed by atoms with Crippen LogP contribution in [0.5, 0.6) is 0 Å². The van der Waals surface area contributed by atoms with E-state index in [0.717, 1.165) is 38.5 Å². The first-order valence-electron chi connectivity index (χ1n) is 9.49. The second kappa shape index (κ2) is 7.22. The number of nitrogens with one attached hydrogen (secondary N) is 2. The van der Waals surface area contributed by atoms with Crippen molar-refractivity contribution in [3.8, 4) is 0 Å². The lowest BCUT2D eigenvalue weighted by atomic mass is 9.78. The van der Waals surface area contributed by atoms with Gasteiger partial charge in [0, 0.05) is 6.04 Å². The predicted molar refractivity (Wildman–Crippen MR) is 86.4 cm³/mol. The summed E-state index contributed by atoms with van der Waals surface area (Å²) in [6, 6.07) is -1.87. The van der Waals surface area contributed by atoms with Crippen LogP contribution in [0, 0.1) is 17.8 Å². The zero-order valence-electron chi connectivity index (χ0n) is 14.4. The average Bonchev–Trinajstić information content (AvgIpc) is 2.98. The van der Waals surface area contributed by atoms with Crippen molar-refractivity contribution in [2.75, 3.05) is 0 Å². The fourth-order valence-electron chi connectivity index (χ4n) is 5.06. The SMILES string of the molecule is CC1CCCC2CC(C(=O)N[C@@H](C3CCCCC3)C(F)(F)F)NC12.